The standard InChI is InChI=1S/C35H38FN3O5/c1-23(2)39-30(17-16-28(40)21-29(41)22-31(42)43)32(25-12-14-26(36)15-13-25)33(24-9-5-4-6-10-24)34(39)35(44)38(3)20-18-27-11-7-8-19-37-27/h4-17,19,23,28-29,40-41H,18,20-22H2,1-3H3,(H,42,43). The number of nitrogens with zero attached hydrogens (tertiary/aromatic N) is 3. The van der Waals surface area contributed by atoms with E-state index in [1.165, 1.54) is 18.2 Å². The molecule has 4 rings (SSSR count). The number of benzene rings is 2. The Hall–Kier alpha value is -4.60. The maximum absolute atomic E-state index is 14.4. The largest absolute Gasteiger partial charge is 0.481 e. The predicted octanol–water partition coefficient (Wildman–Crippen LogP) is 5.85. The molecule has 0 bridgehead atoms. The van der Waals surface area contributed by atoms with E-state index >= 15 is 0 Å². The number of carbonyl (C=O) groups is 2. The van der Waals surface area contributed by atoms with Crippen LogP contribution in [0.25, 0.3) is 28.3 Å². The second kappa shape index (κ2) is 14.7. The van der Waals surface area contributed by atoms with Gasteiger partial charge in [-0.05, 0) is 55.3 Å². The molecule has 0 spiro atoms. The normalized spacial score (nSPS) is 12.9. The number of carbonyl (C=O) groups excluding carboxylic acids is 1. The Bertz CT molecular complexity index is 1580. The number of aliphatic hydroxyl groups excluding tert-OH is 2. The van der Waals surface area contributed by atoms with Crippen LogP contribution in [0.1, 0.15) is 54.6 Å². The molecule has 0 aliphatic heterocycles. The zero-order valence-electron chi connectivity index (χ0n) is 25.1. The van der Waals surface area contributed by atoms with E-state index in [9.17, 15) is 24.2 Å². The van der Waals surface area contributed by atoms with E-state index in [1.54, 1.807) is 36.4 Å². The fourth-order valence-electron chi connectivity index (χ4n) is 5.27. The van der Waals surface area contributed by atoms with Gasteiger partial charge in [-0.3, -0.25) is 14.6 Å². The highest BCUT2D eigenvalue weighted by molar-refractivity contribution is 6.06. The molecular weight excluding hydrogens is 561 g/mol. The van der Waals surface area contributed by atoms with Gasteiger partial charge in [0.2, 0.25) is 0 Å². The van der Waals surface area contributed by atoms with Gasteiger partial charge in [0.15, 0.2) is 0 Å². The molecule has 2 atom stereocenters. The van der Waals surface area contributed by atoms with Gasteiger partial charge in [-0.1, -0.05) is 54.6 Å². The zero-order valence-corrected chi connectivity index (χ0v) is 25.1. The number of halogens is 1. The van der Waals surface area contributed by atoms with E-state index in [1.807, 2.05) is 66.9 Å². The van der Waals surface area contributed by atoms with Crippen molar-refractivity contribution in [3.05, 3.63) is 108 Å². The van der Waals surface area contributed by atoms with Gasteiger partial charge in [0.25, 0.3) is 5.91 Å². The third kappa shape index (κ3) is 7.86. The monoisotopic (exact) mass is 599 g/mol. The summed E-state index contributed by atoms with van der Waals surface area (Å²) in [5.74, 6) is -1.78. The Morgan fingerprint density at radius 2 is 1.61 bits per heavy atom. The van der Waals surface area contributed by atoms with Crippen molar-refractivity contribution in [2.45, 2.75) is 51.4 Å². The number of hydrogen-bond acceptors (Lipinski definition) is 5. The Labute approximate surface area is 256 Å². The van der Waals surface area contributed by atoms with E-state index in [4.69, 9.17) is 5.11 Å². The van der Waals surface area contributed by atoms with Gasteiger partial charge < -0.3 is 24.8 Å². The molecular formula is C35H38FN3O5. The van der Waals surface area contributed by atoms with E-state index in [2.05, 4.69) is 4.98 Å². The first-order chi connectivity index (χ1) is 21.1. The Kier molecular flexibility index (Phi) is 10.8. The lowest BCUT2D eigenvalue weighted by Gasteiger charge is -2.22. The van der Waals surface area contributed by atoms with Crippen molar-refractivity contribution >= 4 is 18.0 Å². The molecule has 0 fully saturated rings. The topological polar surface area (TPSA) is 116 Å². The molecule has 2 unspecified atom stereocenters. The van der Waals surface area contributed by atoms with Gasteiger partial charge in [0.1, 0.15) is 11.5 Å². The Morgan fingerprint density at radius 1 is 0.955 bits per heavy atom. The number of aliphatic hydroxyl groups is 2. The van der Waals surface area contributed by atoms with E-state index < -0.39 is 30.4 Å². The molecule has 0 radical (unpaired) electrons. The highest BCUT2D eigenvalue weighted by Gasteiger charge is 2.31. The van der Waals surface area contributed by atoms with Crippen LogP contribution in [0.15, 0.2) is 85.1 Å². The maximum Gasteiger partial charge on any atom is 0.305 e. The summed E-state index contributed by atoms with van der Waals surface area (Å²) in [4.78, 5) is 31.4. The molecule has 44 heavy (non-hydrogen) atoms. The first-order valence-corrected chi connectivity index (χ1v) is 14.6. The van der Waals surface area contributed by atoms with Crippen LogP contribution in [0.4, 0.5) is 4.39 Å². The molecule has 2 aromatic carbocycles. The number of aliphatic carboxylic acids is 1. The number of hydrogen-bond donors (Lipinski definition) is 3. The van der Waals surface area contributed by atoms with Crippen molar-refractivity contribution < 1.29 is 29.3 Å². The van der Waals surface area contributed by atoms with Gasteiger partial charge in [0.05, 0.1) is 18.6 Å². The number of pyridine rings is 1. The highest BCUT2D eigenvalue weighted by Crippen LogP contribution is 2.43. The van der Waals surface area contributed by atoms with Crippen molar-refractivity contribution in [3.63, 3.8) is 0 Å². The van der Waals surface area contributed by atoms with E-state index in [0.29, 0.717) is 41.0 Å². The SMILES string of the molecule is CC(C)n1c(C=CC(O)CC(O)CC(=O)O)c(-c2ccc(F)cc2)c(-c2ccccc2)c1C(=O)N(C)CCc1ccccn1. The van der Waals surface area contributed by atoms with Crippen LogP contribution in [0.2, 0.25) is 0 Å². The van der Waals surface area contributed by atoms with Gasteiger partial charge in [-0.25, -0.2) is 4.39 Å². The molecule has 2 aromatic heterocycles. The van der Waals surface area contributed by atoms with Gasteiger partial charge >= 0.3 is 5.97 Å². The van der Waals surface area contributed by atoms with Crippen LogP contribution < -0.4 is 0 Å². The van der Waals surface area contributed by atoms with Crippen molar-refractivity contribution in [1.82, 2.24) is 14.5 Å². The average molecular weight is 600 g/mol. The summed E-state index contributed by atoms with van der Waals surface area (Å²) in [5, 5.41) is 29.8. The summed E-state index contributed by atoms with van der Waals surface area (Å²) >= 11 is 0. The van der Waals surface area contributed by atoms with Crippen molar-refractivity contribution in [2.75, 3.05) is 13.6 Å². The van der Waals surface area contributed by atoms with Crippen LogP contribution in [0, 0.1) is 5.82 Å². The van der Waals surface area contributed by atoms with Crippen LogP contribution in [0.3, 0.4) is 0 Å². The van der Waals surface area contributed by atoms with Crippen LogP contribution >= 0.6 is 0 Å². The fourth-order valence-corrected chi connectivity index (χ4v) is 5.27. The predicted molar refractivity (Wildman–Crippen MR) is 168 cm³/mol. The lowest BCUT2D eigenvalue weighted by molar-refractivity contribution is -0.139. The number of aromatic nitrogens is 2. The molecule has 8 nitrogen and oxygen atoms in total. The average Bonchev–Trinajstić information content (AvgIpc) is 3.34. The second-order valence-corrected chi connectivity index (χ2v) is 11.0. The van der Waals surface area contributed by atoms with Gasteiger partial charge in [-0.2, -0.15) is 0 Å². The third-order valence-electron chi connectivity index (χ3n) is 7.33. The molecule has 0 saturated carbocycles. The molecule has 0 saturated heterocycles. The van der Waals surface area contributed by atoms with Crippen LogP contribution in [0.5, 0.6) is 0 Å². The first kappa shape index (κ1) is 32.3. The van der Waals surface area contributed by atoms with Crippen LogP contribution in [-0.4, -0.2) is 67.4 Å². The summed E-state index contributed by atoms with van der Waals surface area (Å²) in [6.45, 7) is 4.33. The molecule has 3 N–H and O–H groups in total. The molecule has 0 aliphatic carbocycles. The number of carboxylic acids is 1. The van der Waals surface area contributed by atoms with Gasteiger partial charge in [0, 0.05) is 61.2 Å². The van der Waals surface area contributed by atoms with Crippen molar-refractivity contribution in [1.29, 1.82) is 0 Å². The summed E-state index contributed by atoms with van der Waals surface area (Å²) < 4.78 is 16.0. The zero-order chi connectivity index (χ0) is 31.8. The number of likely N-dealkylation sites (N-methyl/N-ethyl adjacent to an activating group) is 1. The lowest BCUT2D eigenvalue weighted by Crippen LogP contribution is -2.31. The second-order valence-electron chi connectivity index (χ2n) is 11.0. The van der Waals surface area contributed by atoms with E-state index in [0.717, 1.165) is 11.3 Å². The Balaban J connectivity index is 1.90. The minimum Gasteiger partial charge on any atom is -0.481 e. The Morgan fingerprint density at radius 3 is 2.23 bits per heavy atom. The quantitative estimate of drug-likeness (QED) is 0.178. The lowest BCUT2D eigenvalue weighted by atomic mass is 9.94. The van der Waals surface area contributed by atoms with Crippen molar-refractivity contribution in [2.24, 2.45) is 0 Å². The molecule has 2 heterocycles. The molecule has 230 valence electrons. The first-order valence-electron chi connectivity index (χ1n) is 14.6. The maximum atomic E-state index is 14.4. The molecule has 1 amide bonds. The smallest absolute Gasteiger partial charge is 0.305 e. The summed E-state index contributed by atoms with van der Waals surface area (Å²) in [6, 6.07) is 21.0. The minimum absolute atomic E-state index is 0.176. The molecule has 0 aliphatic rings. The highest BCUT2D eigenvalue weighted by atomic mass is 19.1. The molecule has 9 heteroatoms. The van der Waals surface area contributed by atoms with Gasteiger partial charge in [-0.15, -0.1) is 0 Å². The number of amides is 1. The minimum atomic E-state index is -1.23. The van der Waals surface area contributed by atoms with Crippen molar-refractivity contribution in [3.8, 4) is 22.3 Å². The summed E-state index contributed by atoms with van der Waals surface area (Å²) in [6.07, 6.45) is 2.41. The fraction of sp³-hybridized carbons (Fsp3) is 0.286. The summed E-state index contributed by atoms with van der Waals surface area (Å²) in [5.41, 5.74) is 4.73. The third-order valence-corrected chi connectivity index (χ3v) is 7.33. The number of carboxylic acid groups (broad SMARTS) is 1. The van der Waals surface area contributed by atoms with E-state index in [-0.39, 0.29) is 18.4 Å². The molecule has 4 aromatic rings. The number of rotatable bonds is 13. The summed E-state index contributed by atoms with van der Waals surface area (Å²) in [7, 11) is 1.75. The van der Waals surface area contributed by atoms with Crippen LogP contribution in [-0.2, 0) is 11.2 Å².